The number of carbonyl (C=O) groups is 1. The monoisotopic (exact) mass is 259 g/mol. The Morgan fingerprint density at radius 3 is 2.95 bits per heavy atom. The van der Waals surface area contributed by atoms with Crippen molar-refractivity contribution in [2.45, 2.75) is 18.9 Å². The van der Waals surface area contributed by atoms with Gasteiger partial charge < -0.3 is 15.5 Å². The Bertz CT molecular complexity index is 497. The molecular weight excluding hydrogens is 242 g/mol. The summed E-state index contributed by atoms with van der Waals surface area (Å²) in [7, 11) is 0. The number of hydrogen-bond acceptors (Lipinski definition) is 4. The van der Waals surface area contributed by atoms with Crippen LogP contribution >= 0.6 is 0 Å². The number of amides is 1. The summed E-state index contributed by atoms with van der Waals surface area (Å²) >= 11 is 0. The van der Waals surface area contributed by atoms with Gasteiger partial charge in [0, 0.05) is 12.4 Å². The molecule has 3 N–H and O–H groups in total. The third-order valence-electron chi connectivity index (χ3n) is 2.88. The molecule has 1 unspecified atom stereocenters. The van der Waals surface area contributed by atoms with Crippen molar-refractivity contribution < 1.29 is 9.21 Å². The van der Waals surface area contributed by atoms with E-state index in [0.717, 1.165) is 11.3 Å². The fourth-order valence-corrected chi connectivity index (χ4v) is 1.91. The Morgan fingerprint density at radius 1 is 1.42 bits per heavy atom. The highest BCUT2D eigenvalue weighted by molar-refractivity contribution is 5.83. The quantitative estimate of drug-likeness (QED) is 0.822. The number of hydrogen-bond donors (Lipinski definition) is 2. The molecule has 0 spiro atoms. The number of furan rings is 1. The van der Waals surface area contributed by atoms with Gasteiger partial charge >= 0.3 is 0 Å². The van der Waals surface area contributed by atoms with Gasteiger partial charge in [0.2, 0.25) is 5.91 Å². The number of nitrogens with zero attached hydrogens (tertiary/aromatic N) is 1. The molecule has 2 aromatic rings. The standard InChI is InChI=1S/C14H17N3O2/c15-6-5-13(11-3-1-7-16-9-11)14(18)17-10-12-4-2-8-19-12/h1-4,7-9,13H,5-6,10,15H2,(H,17,18). The highest BCUT2D eigenvalue weighted by Crippen LogP contribution is 2.18. The van der Waals surface area contributed by atoms with E-state index in [4.69, 9.17) is 10.2 Å². The zero-order valence-corrected chi connectivity index (χ0v) is 10.6. The Labute approximate surface area is 111 Å². The van der Waals surface area contributed by atoms with Crippen LogP contribution in [0.4, 0.5) is 0 Å². The fourth-order valence-electron chi connectivity index (χ4n) is 1.91. The summed E-state index contributed by atoms with van der Waals surface area (Å²) in [5.74, 6) is 0.398. The van der Waals surface area contributed by atoms with Crippen molar-refractivity contribution >= 4 is 5.91 Å². The summed E-state index contributed by atoms with van der Waals surface area (Å²) in [5.41, 5.74) is 6.46. The summed E-state index contributed by atoms with van der Waals surface area (Å²) in [5, 5.41) is 2.85. The van der Waals surface area contributed by atoms with Crippen LogP contribution in [0.25, 0.3) is 0 Å². The lowest BCUT2D eigenvalue weighted by Gasteiger charge is -2.15. The molecule has 0 aliphatic heterocycles. The van der Waals surface area contributed by atoms with E-state index in [1.54, 1.807) is 24.7 Å². The van der Waals surface area contributed by atoms with Crippen molar-refractivity contribution in [3.8, 4) is 0 Å². The van der Waals surface area contributed by atoms with Crippen molar-refractivity contribution in [3.05, 3.63) is 54.2 Å². The Morgan fingerprint density at radius 2 is 2.32 bits per heavy atom. The van der Waals surface area contributed by atoms with Gasteiger partial charge in [0.1, 0.15) is 5.76 Å². The lowest BCUT2D eigenvalue weighted by Crippen LogP contribution is -2.30. The van der Waals surface area contributed by atoms with Crippen molar-refractivity contribution in [3.63, 3.8) is 0 Å². The van der Waals surface area contributed by atoms with Gasteiger partial charge in [-0.25, -0.2) is 0 Å². The molecule has 2 heterocycles. The third-order valence-corrected chi connectivity index (χ3v) is 2.88. The van der Waals surface area contributed by atoms with Gasteiger partial charge in [-0.05, 0) is 36.7 Å². The molecule has 0 fully saturated rings. The van der Waals surface area contributed by atoms with E-state index in [2.05, 4.69) is 10.3 Å². The van der Waals surface area contributed by atoms with Gasteiger partial charge in [0.25, 0.3) is 0 Å². The van der Waals surface area contributed by atoms with Crippen LogP contribution in [0.5, 0.6) is 0 Å². The topological polar surface area (TPSA) is 81.2 Å². The average molecular weight is 259 g/mol. The van der Waals surface area contributed by atoms with E-state index in [1.165, 1.54) is 0 Å². The lowest BCUT2D eigenvalue weighted by molar-refractivity contribution is -0.122. The normalized spacial score (nSPS) is 12.1. The zero-order valence-electron chi connectivity index (χ0n) is 10.6. The maximum atomic E-state index is 12.2. The molecule has 0 aliphatic rings. The molecule has 0 radical (unpaired) electrons. The van der Waals surface area contributed by atoms with Crippen molar-refractivity contribution in [2.75, 3.05) is 6.54 Å². The molecule has 19 heavy (non-hydrogen) atoms. The predicted molar refractivity (Wildman–Crippen MR) is 71.2 cm³/mol. The van der Waals surface area contributed by atoms with Crippen molar-refractivity contribution in [1.29, 1.82) is 0 Å². The first-order valence-electron chi connectivity index (χ1n) is 6.21. The maximum Gasteiger partial charge on any atom is 0.228 e. The van der Waals surface area contributed by atoms with E-state index >= 15 is 0 Å². The largest absolute Gasteiger partial charge is 0.467 e. The fraction of sp³-hybridized carbons (Fsp3) is 0.286. The van der Waals surface area contributed by atoms with Gasteiger partial charge in [0.05, 0.1) is 18.7 Å². The van der Waals surface area contributed by atoms with Gasteiger partial charge in [-0.3, -0.25) is 9.78 Å². The maximum absolute atomic E-state index is 12.2. The van der Waals surface area contributed by atoms with Crippen LogP contribution in [0.15, 0.2) is 47.3 Å². The first-order valence-corrected chi connectivity index (χ1v) is 6.21. The van der Waals surface area contributed by atoms with Crippen LogP contribution in [0.2, 0.25) is 0 Å². The minimum absolute atomic E-state index is 0.0603. The molecule has 0 saturated heterocycles. The highest BCUT2D eigenvalue weighted by Gasteiger charge is 2.19. The second-order valence-electron chi connectivity index (χ2n) is 4.21. The predicted octanol–water partition coefficient (Wildman–Crippen LogP) is 1.42. The summed E-state index contributed by atoms with van der Waals surface area (Å²) in [6.45, 7) is 0.834. The number of nitrogens with one attached hydrogen (secondary N) is 1. The number of rotatable bonds is 6. The van der Waals surface area contributed by atoms with E-state index in [0.29, 0.717) is 19.5 Å². The minimum Gasteiger partial charge on any atom is -0.467 e. The minimum atomic E-state index is -0.270. The van der Waals surface area contributed by atoms with Gasteiger partial charge in [0.15, 0.2) is 0 Å². The van der Waals surface area contributed by atoms with Gasteiger partial charge in [-0.2, -0.15) is 0 Å². The second-order valence-corrected chi connectivity index (χ2v) is 4.21. The Kier molecular flexibility index (Phi) is 4.69. The van der Waals surface area contributed by atoms with E-state index in [-0.39, 0.29) is 11.8 Å². The molecule has 100 valence electrons. The van der Waals surface area contributed by atoms with E-state index in [1.807, 2.05) is 18.2 Å². The first-order chi connectivity index (χ1) is 9.31. The third kappa shape index (κ3) is 3.66. The molecule has 0 aromatic carbocycles. The summed E-state index contributed by atoms with van der Waals surface area (Å²) in [4.78, 5) is 16.2. The van der Waals surface area contributed by atoms with Crippen LogP contribution in [-0.2, 0) is 11.3 Å². The van der Waals surface area contributed by atoms with Crippen LogP contribution < -0.4 is 11.1 Å². The molecule has 5 heteroatoms. The second kappa shape index (κ2) is 6.70. The van der Waals surface area contributed by atoms with E-state index in [9.17, 15) is 4.79 Å². The molecule has 1 amide bonds. The van der Waals surface area contributed by atoms with Crippen LogP contribution in [0.3, 0.4) is 0 Å². The average Bonchev–Trinajstić information content (AvgIpc) is 2.96. The molecular formula is C14H17N3O2. The van der Waals surface area contributed by atoms with Gasteiger partial charge in [-0.1, -0.05) is 6.07 Å². The number of aromatic nitrogens is 1. The van der Waals surface area contributed by atoms with Gasteiger partial charge in [-0.15, -0.1) is 0 Å². The number of nitrogens with two attached hydrogens (primary N) is 1. The molecule has 5 nitrogen and oxygen atoms in total. The lowest BCUT2D eigenvalue weighted by atomic mass is 9.96. The molecule has 1 atom stereocenters. The van der Waals surface area contributed by atoms with E-state index < -0.39 is 0 Å². The molecule has 0 bridgehead atoms. The molecule has 2 aromatic heterocycles. The molecule has 0 saturated carbocycles. The van der Waals surface area contributed by atoms with Crippen molar-refractivity contribution in [1.82, 2.24) is 10.3 Å². The zero-order chi connectivity index (χ0) is 13.5. The summed E-state index contributed by atoms with van der Waals surface area (Å²) < 4.78 is 5.18. The van der Waals surface area contributed by atoms with Crippen LogP contribution in [-0.4, -0.2) is 17.4 Å². The number of carbonyl (C=O) groups excluding carboxylic acids is 1. The Hall–Kier alpha value is -2.14. The summed E-state index contributed by atoms with van der Waals surface area (Å²) in [6, 6.07) is 7.32. The highest BCUT2D eigenvalue weighted by atomic mass is 16.3. The smallest absolute Gasteiger partial charge is 0.228 e. The van der Waals surface area contributed by atoms with Crippen LogP contribution in [0.1, 0.15) is 23.7 Å². The SMILES string of the molecule is NCCC(C(=O)NCc1ccco1)c1cccnc1. The molecule has 0 aliphatic carbocycles. The molecule has 2 rings (SSSR count). The van der Waals surface area contributed by atoms with Crippen LogP contribution in [0, 0.1) is 0 Å². The Balaban J connectivity index is 2.00. The number of pyridine rings is 1. The summed E-state index contributed by atoms with van der Waals surface area (Å²) in [6.07, 6.45) is 5.56. The first kappa shape index (κ1) is 13.3. The van der Waals surface area contributed by atoms with Crippen molar-refractivity contribution in [2.24, 2.45) is 5.73 Å².